The van der Waals surface area contributed by atoms with Crippen molar-refractivity contribution in [2.24, 2.45) is 0 Å². The molecule has 28 heavy (non-hydrogen) atoms. The third-order valence-electron chi connectivity index (χ3n) is 7.40. The lowest BCUT2D eigenvalue weighted by atomic mass is 9.78. The van der Waals surface area contributed by atoms with E-state index in [2.05, 4.69) is 4.90 Å². The van der Waals surface area contributed by atoms with Gasteiger partial charge in [-0.15, -0.1) is 0 Å². The fraction of sp³-hybridized carbons (Fsp3) is 0.708. The van der Waals surface area contributed by atoms with Crippen molar-refractivity contribution in [3.63, 3.8) is 0 Å². The zero-order valence-electron chi connectivity index (χ0n) is 17.5. The van der Waals surface area contributed by atoms with Gasteiger partial charge >= 0.3 is 0 Å². The molecule has 154 valence electrons. The van der Waals surface area contributed by atoms with Crippen molar-refractivity contribution in [2.45, 2.75) is 108 Å². The Morgan fingerprint density at radius 1 is 0.893 bits per heavy atom. The normalized spacial score (nSPS) is 29.7. The summed E-state index contributed by atoms with van der Waals surface area (Å²) in [6.07, 6.45) is 15.9. The van der Waals surface area contributed by atoms with Gasteiger partial charge in [0.25, 0.3) is 0 Å². The average molecular weight is 384 g/mol. The summed E-state index contributed by atoms with van der Waals surface area (Å²) in [5.41, 5.74) is 7.87. The summed E-state index contributed by atoms with van der Waals surface area (Å²) >= 11 is 0. The highest BCUT2D eigenvalue weighted by Gasteiger charge is 2.43. The largest absolute Gasteiger partial charge is 0.397 e. The van der Waals surface area contributed by atoms with Crippen LogP contribution >= 0.6 is 0 Å². The number of amides is 1. The molecule has 0 radical (unpaired) electrons. The van der Waals surface area contributed by atoms with Crippen molar-refractivity contribution in [3.8, 4) is 0 Å². The van der Waals surface area contributed by atoms with Crippen molar-refractivity contribution < 1.29 is 4.79 Å². The van der Waals surface area contributed by atoms with Crippen LogP contribution in [0.3, 0.4) is 0 Å². The Labute approximate surface area is 170 Å². The Morgan fingerprint density at radius 3 is 2.07 bits per heavy atom. The van der Waals surface area contributed by atoms with Crippen LogP contribution in [0.5, 0.6) is 0 Å². The van der Waals surface area contributed by atoms with Crippen molar-refractivity contribution in [3.05, 3.63) is 24.3 Å². The Hall–Kier alpha value is -1.55. The molecule has 2 heterocycles. The van der Waals surface area contributed by atoms with Crippen LogP contribution in [0.25, 0.3) is 0 Å². The lowest BCUT2D eigenvalue weighted by Crippen LogP contribution is -2.60. The number of benzene rings is 1. The first-order chi connectivity index (χ1) is 13.6. The zero-order valence-corrected chi connectivity index (χ0v) is 17.5. The first-order valence-electron chi connectivity index (χ1n) is 11.6. The molecule has 3 fully saturated rings. The maximum atomic E-state index is 12.6. The summed E-state index contributed by atoms with van der Waals surface area (Å²) in [6.45, 7) is 1.70. The van der Waals surface area contributed by atoms with E-state index in [9.17, 15) is 4.79 Å². The van der Waals surface area contributed by atoms with Crippen molar-refractivity contribution in [1.82, 2.24) is 4.90 Å². The average Bonchev–Trinajstić information content (AvgIpc) is 2.63. The predicted molar refractivity (Wildman–Crippen MR) is 116 cm³/mol. The first-order valence-corrected chi connectivity index (χ1v) is 11.6. The molecule has 3 aliphatic rings. The summed E-state index contributed by atoms with van der Waals surface area (Å²) in [6, 6.07) is 10.2. The molecule has 0 spiro atoms. The van der Waals surface area contributed by atoms with E-state index in [0.29, 0.717) is 17.8 Å². The van der Waals surface area contributed by atoms with Crippen molar-refractivity contribution >= 4 is 17.3 Å². The molecule has 4 heteroatoms. The quantitative estimate of drug-likeness (QED) is 0.737. The molecule has 2 bridgehead atoms. The van der Waals surface area contributed by atoms with Crippen LogP contribution in [0, 0.1) is 0 Å². The van der Waals surface area contributed by atoms with E-state index in [1.165, 1.54) is 64.2 Å². The maximum Gasteiger partial charge on any atom is 0.224 e. The van der Waals surface area contributed by atoms with Gasteiger partial charge in [0.05, 0.1) is 11.4 Å². The molecular weight excluding hydrogens is 346 g/mol. The molecule has 0 aromatic heterocycles. The van der Waals surface area contributed by atoms with E-state index < -0.39 is 0 Å². The minimum atomic E-state index is 0.125. The number of nitrogens with zero attached hydrogens (tertiary/aromatic N) is 2. The molecule has 1 aliphatic carbocycles. The second-order valence-corrected chi connectivity index (χ2v) is 9.26. The van der Waals surface area contributed by atoms with Gasteiger partial charge in [-0.2, -0.15) is 0 Å². The third-order valence-corrected chi connectivity index (χ3v) is 7.40. The first kappa shape index (κ1) is 19.8. The van der Waals surface area contributed by atoms with E-state index in [1.807, 2.05) is 29.2 Å². The molecule has 1 aromatic rings. The molecule has 1 saturated carbocycles. The maximum absolute atomic E-state index is 12.6. The van der Waals surface area contributed by atoms with Crippen LogP contribution in [-0.4, -0.2) is 35.0 Å². The molecule has 2 aliphatic heterocycles. The lowest BCUT2D eigenvalue weighted by molar-refractivity contribution is -0.117. The minimum Gasteiger partial charge on any atom is -0.397 e. The second kappa shape index (κ2) is 8.86. The van der Waals surface area contributed by atoms with Crippen LogP contribution < -0.4 is 10.6 Å². The minimum absolute atomic E-state index is 0.125. The van der Waals surface area contributed by atoms with Crippen LogP contribution in [0.4, 0.5) is 11.4 Å². The van der Waals surface area contributed by atoms with Crippen LogP contribution in [0.1, 0.15) is 84.0 Å². The summed E-state index contributed by atoms with van der Waals surface area (Å²) in [7, 11) is 0. The van der Waals surface area contributed by atoms with Gasteiger partial charge in [0.15, 0.2) is 0 Å². The number of nitrogen functional groups attached to an aromatic ring is 1. The van der Waals surface area contributed by atoms with Gasteiger partial charge in [-0.3, -0.25) is 9.69 Å². The number of anilines is 2. The molecule has 0 unspecified atom stereocenters. The van der Waals surface area contributed by atoms with Crippen LogP contribution in [0.2, 0.25) is 0 Å². The standard InChI is InChI=1S/C24H37N3O/c1-18(28)26(24-15-8-7-14-23(24)25)22-16-20-12-9-13-21(17-22)27(20)19-10-5-3-2-4-6-11-19/h7-8,14-15,19-22H,2-6,9-13,16-17,25H2,1H3/t20-,21+,22+. The number of hydrogen-bond donors (Lipinski definition) is 1. The predicted octanol–water partition coefficient (Wildman–Crippen LogP) is 5.12. The molecule has 2 saturated heterocycles. The monoisotopic (exact) mass is 383 g/mol. The molecular formula is C24H37N3O. The van der Waals surface area contributed by atoms with Gasteiger partial charge in [0.1, 0.15) is 0 Å². The smallest absolute Gasteiger partial charge is 0.224 e. The van der Waals surface area contributed by atoms with Crippen LogP contribution in [0.15, 0.2) is 24.3 Å². The number of piperidine rings is 2. The van der Waals surface area contributed by atoms with Gasteiger partial charge in [-0.1, -0.05) is 50.7 Å². The Kier molecular flexibility index (Phi) is 6.25. The van der Waals surface area contributed by atoms with E-state index in [4.69, 9.17) is 5.73 Å². The number of para-hydroxylation sites is 2. The van der Waals surface area contributed by atoms with Crippen molar-refractivity contribution in [1.29, 1.82) is 0 Å². The van der Waals surface area contributed by atoms with Crippen molar-refractivity contribution in [2.75, 3.05) is 10.6 Å². The van der Waals surface area contributed by atoms with Gasteiger partial charge in [-0.05, 0) is 50.7 Å². The number of rotatable bonds is 3. The van der Waals surface area contributed by atoms with E-state index >= 15 is 0 Å². The molecule has 2 N–H and O–H groups in total. The second-order valence-electron chi connectivity index (χ2n) is 9.26. The van der Waals surface area contributed by atoms with E-state index in [-0.39, 0.29) is 11.9 Å². The van der Waals surface area contributed by atoms with Gasteiger partial charge in [-0.25, -0.2) is 0 Å². The fourth-order valence-electron chi connectivity index (χ4n) is 6.26. The van der Waals surface area contributed by atoms with Gasteiger partial charge < -0.3 is 10.6 Å². The summed E-state index contributed by atoms with van der Waals surface area (Å²) in [5.74, 6) is 0.125. The molecule has 1 aromatic carbocycles. The Balaban J connectivity index is 1.55. The number of nitrogens with two attached hydrogens (primary N) is 1. The lowest BCUT2D eigenvalue weighted by Gasteiger charge is -2.54. The number of fused-ring (bicyclic) bond motifs is 2. The van der Waals surface area contributed by atoms with E-state index in [1.54, 1.807) is 6.92 Å². The number of carbonyl (C=O) groups excluding carboxylic acids is 1. The third kappa shape index (κ3) is 4.07. The fourth-order valence-corrected chi connectivity index (χ4v) is 6.26. The van der Waals surface area contributed by atoms with E-state index in [0.717, 1.165) is 24.6 Å². The number of carbonyl (C=O) groups is 1. The summed E-state index contributed by atoms with van der Waals surface area (Å²) in [5, 5.41) is 0. The molecule has 4 rings (SSSR count). The molecule has 3 atom stereocenters. The zero-order chi connectivity index (χ0) is 19.5. The Morgan fingerprint density at radius 2 is 1.46 bits per heavy atom. The highest BCUT2D eigenvalue weighted by atomic mass is 16.2. The summed E-state index contributed by atoms with van der Waals surface area (Å²) < 4.78 is 0. The SMILES string of the molecule is CC(=O)N(c1ccccc1N)[C@H]1C[C@H]2CCC[C@@H](C1)N2C1CCCCCCC1. The molecule has 4 nitrogen and oxygen atoms in total. The molecule has 1 amide bonds. The van der Waals surface area contributed by atoms with Gasteiger partial charge in [0.2, 0.25) is 5.91 Å². The number of hydrogen-bond acceptors (Lipinski definition) is 3. The van der Waals surface area contributed by atoms with Gasteiger partial charge in [0, 0.05) is 31.1 Å². The summed E-state index contributed by atoms with van der Waals surface area (Å²) in [4.78, 5) is 17.6. The Bertz CT molecular complexity index is 654. The highest BCUT2D eigenvalue weighted by molar-refractivity contribution is 5.95. The highest BCUT2D eigenvalue weighted by Crippen LogP contribution is 2.41. The topological polar surface area (TPSA) is 49.6 Å². The van der Waals surface area contributed by atoms with Crippen LogP contribution in [-0.2, 0) is 4.79 Å².